The Balaban J connectivity index is 1.67. The first-order chi connectivity index (χ1) is 17.0. The van der Waals surface area contributed by atoms with Crippen LogP contribution in [0.15, 0.2) is 35.2 Å². The number of ketones is 1. The molecule has 194 valence electrons. The summed E-state index contributed by atoms with van der Waals surface area (Å²) in [5.74, 6) is 1.54. The zero-order chi connectivity index (χ0) is 26.5. The number of carboxylic acid groups (broad SMARTS) is 1. The number of aliphatic carboxylic acids is 1. The predicted molar refractivity (Wildman–Crippen MR) is 149 cm³/mol. The maximum atomic E-state index is 13.0. The summed E-state index contributed by atoms with van der Waals surface area (Å²) in [4.78, 5) is 25.7. The quantitative estimate of drug-likeness (QED) is 0.199. The number of hydrogen-bond acceptors (Lipinski definition) is 4. The van der Waals surface area contributed by atoms with Crippen LogP contribution in [-0.4, -0.2) is 28.2 Å². The molecule has 0 atom stereocenters. The molecule has 1 saturated carbocycles. The Bertz CT molecular complexity index is 1090. The molecule has 0 heterocycles. The normalized spacial score (nSPS) is 14.8. The summed E-state index contributed by atoms with van der Waals surface area (Å²) in [6.45, 7) is 11.0. The van der Waals surface area contributed by atoms with Gasteiger partial charge >= 0.3 is 5.97 Å². The summed E-state index contributed by atoms with van der Waals surface area (Å²) in [6.07, 6.45) is 11.6. The number of ether oxygens (including phenoxy) is 1. The summed E-state index contributed by atoms with van der Waals surface area (Å²) >= 11 is 1.93. The molecule has 0 aliphatic heterocycles. The minimum atomic E-state index is -1.32. The molecular formula is C31H40O4S. The molecule has 36 heavy (non-hydrogen) atoms. The lowest BCUT2D eigenvalue weighted by molar-refractivity contribution is -0.152. The van der Waals surface area contributed by atoms with Gasteiger partial charge in [0.25, 0.3) is 0 Å². The Labute approximate surface area is 220 Å². The Morgan fingerprint density at radius 2 is 1.56 bits per heavy atom. The topological polar surface area (TPSA) is 63.6 Å². The fourth-order valence-corrected chi connectivity index (χ4v) is 6.16. The fraction of sp³-hybridized carbons (Fsp3) is 0.484. The zero-order valence-corrected chi connectivity index (χ0v) is 23.4. The second-order valence-electron chi connectivity index (χ2n) is 10.7. The summed E-state index contributed by atoms with van der Waals surface area (Å²) in [5.41, 5.74) is 4.25. The molecule has 1 aliphatic carbocycles. The predicted octanol–water partition coefficient (Wildman–Crippen LogP) is 8.12. The third-order valence-corrected chi connectivity index (χ3v) is 8.40. The van der Waals surface area contributed by atoms with E-state index in [0.717, 1.165) is 39.5 Å². The Kier molecular flexibility index (Phi) is 9.46. The van der Waals surface area contributed by atoms with E-state index in [0.29, 0.717) is 11.3 Å². The van der Waals surface area contributed by atoms with Crippen LogP contribution >= 0.6 is 11.8 Å². The molecule has 0 spiro atoms. The van der Waals surface area contributed by atoms with Crippen LogP contribution in [0.2, 0.25) is 0 Å². The van der Waals surface area contributed by atoms with Gasteiger partial charge < -0.3 is 9.84 Å². The number of allylic oxidation sites excluding steroid dienone is 1. The lowest BCUT2D eigenvalue weighted by atomic mass is 9.88. The van der Waals surface area contributed by atoms with Gasteiger partial charge in [-0.1, -0.05) is 38.2 Å². The third-order valence-electron chi connectivity index (χ3n) is 7.02. The highest BCUT2D eigenvalue weighted by atomic mass is 32.2. The van der Waals surface area contributed by atoms with Gasteiger partial charge in [0, 0.05) is 10.5 Å². The second-order valence-corrected chi connectivity index (χ2v) is 11.8. The van der Waals surface area contributed by atoms with Crippen molar-refractivity contribution in [2.24, 2.45) is 5.92 Å². The van der Waals surface area contributed by atoms with Crippen molar-refractivity contribution in [2.45, 2.75) is 90.6 Å². The number of benzene rings is 2. The van der Waals surface area contributed by atoms with Gasteiger partial charge in [-0.2, -0.15) is 0 Å². The van der Waals surface area contributed by atoms with Crippen LogP contribution < -0.4 is 4.74 Å². The van der Waals surface area contributed by atoms with Crippen LogP contribution in [0.25, 0.3) is 6.08 Å². The average molecular weight is 509 g/mol. The Morgan fingerprint density at radius 1 is 0.972 bits per heavy atom. The van der Waals surface area contributed by atoms with E-state index >= 15 is 0 Å². The van der Waals surface area contributed by atoms with E-state index in [1.165, 1.54) is 57.3 Å². The maximum Gasteiger partial charge on any atom is 0.347 e. The van der Waals surface area contributed by atoms with E-state index in [1.54, 1.807) is 6.08 Å². The molecule has 4 nitrogen and oxygen atoms in total. The van der Waals surface area contributed by atoms with Crippen molar-refractivity contribution < 1.29 is 19.4 Å². The Hall–Kier alpha value is -2.53. The van der Waals surface area contributed by atoms with Gasteiger partial charge in [0.15, 0.2) is 11.4 Å². The number of carbonyl (C=O) groups is 2. The first-order valence-corrected chi connectivity index (χ1v) is 14.0. The number of carbonyl (C=O) groups excluding carboxylic acids is 1. The van der Waals surface area contributed by atoms with Gasteiger partial charge in [-0.05, 0) is 118 Å². The first kappa shape index (κ1) is 28.0. The van der Waals surface area contributed by atoms with E-state index < -0.39 is 11.6 Å². The molecular weight excluding hydrogens is 468 g/mol. The molecule has 1 N–H and O–H groups in total. The van der Waals surface area contributed by atoms with Crippen LogP contribution in [-0.2, 0) is 4.79 Å². The van der Waals surface area contributed by atoms with Crippen molar-refractivity contribution >= 4 is 29.6 Å². The van der Waals surface area contributed by atoms with Crippen LogP contribution in [0, 0.1) is 33.6 Å². The zero-order valence-electron chi connectivity index (χ0n) is 22.6. The smallest absolute Gasteiger partial charge is 0.347 e. The van der Waals surface area contributed by atoms with Crippen molar-refractivity contribution in [1.82, 2.24) is 0 Å². The average Bonchev–Trinajstić information content (AvgIpc) is 2.82. The summed E-state index contributed by atoms with van der Waals surface area (Å²) in [5, 5.41) is 9.37. The van der Waals surface area contributed by atoms with E-state index in [4.69, 9.17) is 4.74 Å². The van der Waals surface area contributed by atoms with Gasteiger partial charge in [0.2, 0.25) is 0 Å². The highest BCUT2D eigenvalue weighted by molar-refractivity contribution is 7.99. The number of thioether (sulfide) groups is 1. The van der Waals surface area contributed by atoms with Crippen LogP contribution in [0.5, 0.6) is 5.75 Å². The summed E-state index contributed by atoms with van der Waals surface area (Å²) < 4.78 is 5.78. The fourth-order valence-electron chi connectivity index (χ4n) is 4.93. The van der Waals surface area contributed by atoms with Crippen molar-refractivity contribution in [2.75, 3.05) is 5.75 Å². The molecule has 1 fully saturated rings. The third kappa shape index (κ3) is 7.25. The molecule has 5 heteroatoms. The molecule has 0 radical (unpaired) electrons. The molecule has 0 saturated heterocycles. The van der Waals surface area contributed by atoms with Crippen LogP contribution in [0.4, 0.5) is 0 Å². The highest BCUT2D eigenvalue weighted by Crippen LogP contribution is 2.33. The SMILES string of the molecule is Cc1cc(/C=C/C(=O)c2cc(C)c(SCCC3CCCCC3)c(C)c2)cc(C)c1OC(C)(C)C(=O)O. The van der Waals surface area contributed by atoms with Crippen LogP contribution in [0.1, 0.15) is 90.5 Å². The van der Waals surface area contributed by atoms with Crippen molar-refractivity contribution in [3.63, 3.8) is 0 Å². The summed E-state index contributed by atoms with van der Waals surface area (Å²) in [7, 11) is 0. The molecule has 0 bridgehead atoms. The van der Waals surface area contributed by atoms with Crippen molar-refractivity contribution in [3.8, 4) is 5.75 Å². The molecule has 3 rings (SSSR count). The molecule has 0 amide bonds. The van der Waals surface area contributed by atoms with Gasteiger partial charge in [-0.25, -0.2) is 4.79 Å². The number of rotatable bonds is 10. The molecule has 0 aromatic heterocycles. The Morgan fingerprint density at radius 3 is 2.11 bits per heavy atom. The summed E-state index contributed by atoms with van der Waals surface area (Å²) in [6, 6.07) is 7.83. The lowest BCUT2D eigenvalue weighted by Crippen LogP contribution is -2.38. The number of hydrogen-bond donors (Lipinski definition) is 1. The molecule has 2 aromatic rings. The van der Waals surface area contributed by atoms with Gasteiger partial charge in [-0.3, -0.25) is 4.79 Å². The maximum absolute atomic E-state index is 13.0. The highest BCUT2D eigenvalue weighted by Gasteiger charge is 2.30. The van der Waals surface area contributed by atoms with E-state index in [1.807, 2.05) is 56.0 Å². The van der Waals surface area contributed by atoms with Gasteiger partial charge in [-0.15, -0.1) is 11.8 Å². The monoisotopic (exact) mass is 508 g/mol. The van der Waals surface area contributed by atoms with E-state index in [-0.39, 0.29) is 5.78 Å². The number of aryl methyl sites for hydroxylation is 4. The largest absolute Gasteiger partial charge is 0.478 e. The van der Waals surface area contributed by atoms with Gasteiger partial charge in [0.1, 0.15) is 5.75 Å². The van der Waals surface area contributed by atoms with Gasteiger partial charge in [0.05, 0.1) is 0 Å². The first-order valence-electron chi connectivity index (χ1n) is 13.0. The van der Waals surface area contributed by atoms with E-state index in [2.05, 4.69) is 13.8 Å². The van der Waals surface area contributed by atoms with Crippen molar-refractivity contribution in [1.29, 1.82) is 0 Å². The molecule has 1 aliphatic rings. The van der Waals surface area contributed by atoms with Crippen LogP contribution in [0.3, 0.4) is 0 Å². The second kappa shape index (κ2) is 12.1. The van der Waals surface area contributed by atoms with Crippen molar-refractivity contribution in [3.05, 3.63) is 63.7 Å². The number of carboxylic acids is 1. The molecule has 0 unspecified atom stereocenters. The lowest BCUT2D eigenvalue weighted by Gasteiger charge is -2.24. The van der Waals surface area contributed by atoms with E-state index in [9.17, 15) is 14.7 Å². The minimum absolute atomic E-state index is 0.0254. The molecule has 2 aromatic carbocycles. The standard InChI is InChI=1S/C31H40O4S/c1-20-16-25(17-21(2)28(20)35-31(5,6)30(33)34)12-13-27(32)26-18-22(3)29(23(4)19-26)36-15-14-24-10-8-7-9-11-24/h12-13,16-19,24H,7-11,14-15H2,1-6H3,(H,33,34)/b13-12+. The minimum Gasteiger partial charge on any atom is -0.478 e.